The van der Waals surface area contributed by atoms with Gasteiger partial charge in [-0.05, 0) is 55.6 Å². The van der Waals surface area contributed by atoms with Crippen molar-refractivity contribution in [1.82, 2.24) is 30.1 Å². The van der Waals surface area contributed by atoms with Gasteiger partial charge < -0.3 is 10.6 Å². The summed E-state index contributed by atoms with van der Waals surface area (Å²) in [5, 5.41) is 6.75. The zero-order valence-corrected chi connectivity index (χ0v) is 21.8. The Hall–Kier alpha value is -2.46. The summed E-state index contributed by atoms with van der Waals surface area (Å²) in [6.45, 7) is 6.88. The molecule has 3 heterocycles. The smallest absolute Gasteiger partial charge is 0.191 e. The number of imidazole rings is 1. The maximum Gasteiger partial charge on any atom is 0.191 e. The van der Waals surface area contributed by atoms with Crippen molar-refractivity contribution in [3.8, 4) is 5.82 Å². The van der Waals surface area contributed by atoms with E-state index in [-0.39, 0.29) is 24.0 Å². The maximum atomic E-state index is 4.55. The minimum absolute atomic E-state index is 0. The molecule has 0 saturated carbocycles. The minimum atomic E-state index is 0. The van der Waals surface area contributed by atoms with Gasteiger partial charge in [-0.15, -0.1) is 24.0 Å². The van der Waals surface area contributed by atoms with E-state index in [4.69, 9.17) is 0 Å². The molecule has 33 heavy (non-hydrogen) atoms. The SMILES string of the molecule is CN=C(NCc1ccc(CN2CCCCC2)cc1)NCc1ccc(-n2ccnc2C)nc1.I. The topological polar surface area (TPSA) is 70.4 Å². The molecule has 0 bridgehead atoms. The molecule has 2 aromatic heterocycles. The molecule has 1 aromatic carbocycles. The van der Waals surface area contributed by atoms with Crippen molar-refractivity contribution in [3.05, 3.63) is 77.5 Å². The van der Waals surface area contributed by atoms with Crippen molar-refractivity contribution in [2.45, 2.75) is 45.8 Å². The second-order valence-electron chi connectivity index (χ2n) is 8.30. The van der Waals surface area contributed by atoms with Crippen LogP contribution in [0.3, 0.4) is 0 Å². The van der Waals surface area contributed by atoms with E-state index in [1.165, 1.54) is 43.5 Å². The Balaban J connectivity index is 0.00000306. The Kier molecular flexibility index (Phi) is 9.68. The van der Waals surface area contributed by atoms with Crippen molar-refractivity contribution in [1.29, 1.82) is 0 Å². The first-order valence-corrected chi connectivity index (χ1v) is 11.4. The van der Waals surface area contributed by atoms with Crippen LogP contribution < -0.4 is 10.6 Å². The molecule has 0 amide bonds. The summed E-state index contributed by atoms with van der Waals surface area (Å²) >= 11 is 0. The summed E-state index contributed by atoms with van der Waals surface area (Å²) < 4.78 is 1.97. The summed E-state index contributed by atoms with van der Waals surface area (Å²) in [7, 11) is 1.79. The van der Waals surface area contributed by atoms with E-state index in [0.29, 0.717) is 6.54 Å². The van der Waals surface area contributed by atoms with Crippen molar-refractivity contribution in [2.75, 3.05) is 20.1 Å². The van der Waals surface area contributed by atoms with Crippen LogP contribution in [-0.2, 0) is 19.6 Å². The van der Waals surface area contributed by atoms with Crippen molar-refractivity contribution >= 4 is 29.9 Å². The first-order valence-electron chi connectivity index (χ1n) is 11.4. The van der Waals surface area contributed by atoms with Crippen LogP contribution in [0, 0.1) is 6.92 Å². The number of hydrogen-bond donors (Lipinski definition) is 2. The average molecular weight is 560 g/mol. The van der Waals surface area contributed by atoms with Gasteiger partial charge in [0.15, 0.2) is 5.96 Å². The molecule has 4 rings (SSSR count). The Morgan fingerprint density at radius 1 is 0.909 bits per heavy atom. The number of guanidine groups is 1. The Labute approximate surface area is 213 Å². The van der Waals surface area contributed by atoms with Gasteiger partial charge >= 0.3 is 0 Å². The second-order valence-corrected chi connectivity index (χ2v) is 8.30. The van der Waals surface area contributed by atoms with E-state index in [0.717, 1.165) is 36.3 Å². The highest BCUT2D eigenvalue weighted by molar-refractivity contribution is 14.0. The lowest BCUT2D eigenvalue weighted by atomic mass is 10.1. The fourth-order valence-electron chi connectivity index (χ4n) is 4.01. The number of hydrogen-bond acceptors (Lipinski definition) is 4. The van der Waals surface area contributed by atoms with E-state index in [2.05, 4.69) is 60.8 Å². The third kappa shape index (κ3) is 7.26. The van der Waals surface area contributed by atoms with Gasteiger partial charge in [0, 0.05) is 45.3 Å². The number of benzene rings is 1. The fraction of sp³-hybridized carbons (Fsp3) is 0.400. The highest BCUT2D eigenvalue weighted by Gasteiger charge is 2.10. The summed E-state index contributed by atoms with van der Waals surface area (Å²) in [5.41, 5.74) is 3.73. The lowest BCUT2D eigenvalue weighted by molar-refractivity contribution is 0.221. The van der Waals surface area contributed by atoms with Gasteiger partial charge in [-0.3, -0.25) is 14.5 Å². The molecule has 0 aliphatic carbocycles. The number of aryl methyl sites for hydroxylation is 1. The molecule has 8 heteroatoms. The maximum absolute atomic E-state index is 4.55. The van der Waals surface area contributed by atoms with Crippen LogP contribution in [0.25, 0.3) is 5.82 Å². The van der Waals surface area contributed by atoms with Gasteiger partial charge in [0.25, 0.3) is 0 Å². The zero-order chi connectivity index (χ0) is 22.2. The van der Waals surface area contributed by atoms with Crippen LogP contribution >= 0.6 is 24.0 Å². The molecule has 1 aliphatic heterocycles. The van der Waals surface area contributed by atoms with E-state index in [1.807, 2.05) is 30.0 Å². The molecule has 176 valence electrons. The minimum Gasteiger partial charge on any atom is -0.352 e. The van der Waals surface area contributed by atoms with Gasteiger partial charge in [0.05, 0.1) is 0 Å². The quantitative estimate of drug-likeness (QED) is 0.260. The molecule has 0 spiro atoms. The summed E-state index contributed by atoms with van der Waals surface area (Å²) in [6, 6.07) is 13.0. The third-order valence-electron chi connectivity index (χ3n) is 5.90. The number of pyridine rings is 1. The summed E-state index contributed by atoms with van der Waals surface area (Å²) in [5.74, 6) is 2.57. The van der Waals surface area contributed by atoms with Gasteiger partial charge in [-0.2, -0.15) is 0 Å². The molecular formula is C25H34IN7. The Morgan fingerprint density at radius 2 is 1.58 bits per heavy atom. The van der Waals surface area contributed by atoms with Crippen LogP contribution in [0.1, 0.15) is 41.8 Å². The molecule has 0 atom stereocenters. The fourth-order valence-corrected chi connectivity index (χ4v) is 4.01. The number of nitrogens with zero attached hydrogens (tertiary/aromatic N) is 5. The summed E-state index contributed by atoms with van der Waals surface area (Å²) in [6.07, 6.45) is 9.63. The molecule has 0 unspecified atom stereocenters. The van der Waals surface area contributed by atoms with Gasteiger partial charge in [-0.1, -0.05) is 36.8 Å². The van der Waals surface area contributed by atoms with Crippen LogP contribution in [0.15, 0.2) is 60.0 Å². The Bertz CT molecular complexity index is 1010. The van der Waals surface area contributed by atoms with Gasteiger partial charge in [0.2, 0.25) is 0 Å². The molecule has 1 saturated heterocycles. The molecule has 7 nitrogen and oxygen atoms in total. The highest BCUT2D eigenvalue weighted by atomic mass is 127. The number of aromatic nitrogens is 3. The molecule has 2 N–H and O–H groups in total. The normalized spacial score (nSPS) is 14.5. The molecule has 3 aromatic rings. The number of rotatable bonds is 7. The van der Waals surface area contributed by atoms with Gasteiger partial charge in [0.1, 0.15) is 11.6 Å². The zero-order valence-electron chi connectivity index (χ0n) is 19.5. The molecule has 1 aliphatic rings. The number of nitrogens with one attached hydrogen (secondary N) is 2. The molecular weight excluding hydrogens is 525 g/mol. The van der Waals surface area contributed by atoms with Crippen LogP contribution in [0.2, 0.25) is 0 Å². The lowest BCUT2D eigenvalue weighted by Gasteiger charge is -2.26. The highest BCUT2D eigenvalue weighted by Crippen LogP contribution is 2.14. The van der Waals surface area contributed by atoms with E-state index in [9.17, 15) is 0 Å². The van der Waals surface area contributed by atoms with Gasteiger partial charge in [-0.25, -0.2) is 9.97 Å². The van der Waals surface area contributed by atoms with Crippen LogP contribution in [-0.4, -0.2) is 45.5 Å². The van der Waals surface area contributed by atoms with E-state index >= 15 is 0 Å². The van der Waals surface area contributed by atoms with Crippen LogP contribution in [0.4, 0.5) is 0 Å². The number of aliphatic imine (C=N–C) groups is 1. The predicted octanol–water partition coefficient (Wildman–Crippen LogP) is 4.04. The monoisotopic (exact) mass is 559 g/mol. The first kappa shape index (κ1) is 25.2. The first-order chi connectivity index (χ1) is 15.7. The largest absolute Gasteiger partial charge is 0.352 e. The third-order valence-corrected chi connectivity index (χ3v) is 5.90. The second kappa shape index (κ2) is 12.7. The summed E-state index contributed by atoms with van der Waals surface area (Å²) in [4.78, 5) is 15.7. The number of halogens is 1. The average Bonchev–Trinajstić information content (AvgIpc) is 3.27. The standard InChI is InChI=1S/C25H33N7.HI/c1-20-27-12-15-32(20)24-11-10-23(17-28-24)18-30-25(26-2)29-16-21-6-8-22(9-7-21)19-31-13-4-3-5-14-31;/h6-12,15,17H,3-5,13-14,16,18-19H2,1-2H3,(H2,26,29,30);1H. The molecule has 0 radical (unpaired) electrons. The number of piperidine rings is 1. The van der Waals surface area contributed by atoms with Crippen molar-refractivity contribution in [3.63, 3.8) is 0 Å². The van der Waals surface area contributed by atoms with Crippen molar-refractivity contribution < 1.29 is 0 Å². The van der Waals surface area contributed by atoms with Crippen LogP contribution in [0.5, 0.6) is 0 Å². The molecule has 1 fully saturated rings. The Morgan fingerprint density at radius 3 is 2.18 bits per heavy atom. The van der Waals surface area contributed by atoms with E-state index < -0.39 is 0 Å². The van der Waals surface area contributed by atoms with Crippen molar-refractivity contribution in [2.24, 2.45) is 4.99 Å². The lowest BCUT2D eigenvalue weighted by Crippen LogP contribution is -2.36. The number of likely N-dealkylation sites (tertiary alicyclic amines) is 1. The predicted molar refractivity (Wildman–Crippen MR) is 144 cm³/mol. The van der Waals surface area contributed by atoms with E-state index in [1.54, 1.807) is 13.2 Å².